The van der Waals surface area contributed by atoms with Crippen LogP contribution in [0, 0.1) is 25.1 Å². The van der Waals surface area contributed by atoms with Crippen LogP contribution in [0.2, 0.25) is 0 Å². The van der Waals surface area contributed by atoms with Gasteiger partial charge in [0.1, 0.15) is 0 Å². The number of amidine groups is 1. The molecule has 0 unspecified atom stereocenters. The van der Waals surface area contributed by atoms with Gasteiger partial charge in [-0.25, -0.2) is 5.16 Å². The van der Waals surface area contributed by atoms with E-state index < -0.39 is 15.4 Å². The SMILES string of the molecule is Cn1c2ccccc2c2c1cc(-c1nc(=S)o[nH]1)c(=O)n2-c1ccc([N+](=O)[O-])cc1.Cn1c2ccccc2c2c1cc(C(N)=NO)c(=O)n2-c1ccc([N+](=O)[O-])cc1. The maximum atomic E-state index is 13.5. The number of aryl methyl sites for hydroxylation is 2. The highest BCUT2D eigenvalue weighted by Crippen LogP contribution is 2.32. The normalized spacial score (nSPS) is 11.7. The van der Waals surface area contributed by atoms with E-state index in [1.807, 2.05) is 71.8 Å². The number of fused-ring (bicyclic) bond motifs is 6. The largest absolute Gasteiger partial charge is 0.409 e. The van der Waals surface area contributed by atoms with E-state index in [9.17, 15) is 29.8 Å². The zero-order chi connectivity index (χ0) is 41.0. The van der Waals surface area contributed by atoms with E-state index in [0.717, 1.165) is 27.3 Å². The second-order valence-corrected chi connectivity index (χ2v) is 13.3. The number of aromatic amines is 1. The molecule has 0 bridgehead atoms. The molecule has 0 atom stereocenters. The van der Waals surface area contributed by atoms with Crippen LogP contribution >= 0.6 is 12.2 Å². The Morgan fingerprint density at radius 2 is 1.21 bits per heavy atom. The van der Waals surface area contributed by atoms with E-state index in [1.54, 1.807) is 24.3 Å². The molecule has 5 heterocycles. The topological polar surface area (TPSA) is 241 Å². The summed E-state index contributed by atoms with van der Waals surface area (Å²) in [7, 11) is 3.76. The van der Waals surface area contributed by atoms with Crippen LogP contribution in [0.5, 0.6) is 0 Å². The fraction of sp³-hybridized carbons (Fsp3) is 0.0513. The van der Waals surface area contributed by atoms with Gasteiger partial charge in [-0.15, -0.1) is 0 Å². The number of aromatic nitrogens is 6. The molecule has 18 nitrogen and oxygen atoms in total. The second-order valence-electron chi connectivity index (χ2n) is 13.0. The van der Waals surface area contributed by atoms with Gasteiger partial charge in [-0.3, -0.25) is 39.0 Å². The van der Waals surface area contributed by atoms with Crippen LogP contribution in [0.1, 0.15) is 5.56 Å². The minimum Gasteiger partial charge on any atom is -0.409 e. The number of hydrogen-bond acceptors (Lipinski definition) is 11. The van der Waals surface area contributed by atoms with E-state index in [-0.39, 0.29) is 44.6 Å². The lowest BCUT2D eigenvalue weighted by Crippen LogP contribution is -2.29. The third kappa shape index (κ3) is 5.94. The van der Waals surface area contributed by atoms with Crippen molar-refractivity contribution in [2.45, 2.75) is 0 Å². The van der Waals surface area contributed by atoms with Crippen molar-refractivity contribution in [3.63, 3.8) is 0 Å². The number of para-hydroxylation sites is 2. The number of pyridine rings is 2. The number of hydrogen-bond donors (Lipinski definition) is 3. The van der Waals surface area contributed by atoms with Gasteiger partial charge in [0.05, 0.1) is 54.1 Å². The Morgan fingerprint density at radius 3 is 1.66 bits per heavy atom. The van der Waals surface area contributed by atoms with Crippen molar-refractivity contribution in [3.8, 4) is 22.8 Å². The van der Waals surface area contributed by atoms with Gasteiger partial charge in [0.15, 0.2) is 11.7 Å². The summed E-state index contributed by atoms with van der Waals surface area (Å²) < 4.78 is 11.8. The van der Waals surface area contributed by atoms with Crippen molar-refractivity contribution >= 4 is 73.3 Å². The first-order valence-corrected chi connectivity index (χ1v) is 17.6. The number of oxime groups is 1. The summed E-state index contributed by atoms with van der Waals surface area (Å²) in [6.07, 6.45) is 0. The number of nitrogens with two attached hydrogens (primary N) is 1. The number of nitro groups is 2. The minimum absolute atomic E-state index is 0.0107. The van der Waals surface area contributed by atoms with Gasteiger partial charge in [-0.05, 0) is 60.7 Å². The minimum atomic E-state index is -0.507. The number of non-ortho nitro benzene ring substituents is 2. The van der Waals surface area contributed by atoms with Crippen molar-refractivity contribution in [1.29, 1.82) is 0 Å². The van der Waals surface area contributed by atoms with Gasteiger partial charge >= 0.3 is 4.84 Å². The van der Waals surface area contributed by atoms with E-state index in [2.05, 4.69) is 15.3 Å². The van der Waals surface area contributed by atoms with Crippen molar-refractivity contribution in [3.05, 3.63) is 161 Å². The van der Waals surface area contributed by atoms with Crippen LogP contribution in [-0.4, -0.2) is 49.3 Å². The molecule has 0 saturated heterocycles. The molecule has 0 aliphatic rings. The summed E-state index contributed by atoms with van der Waals surface area (Å²) in [5.74, 6) is -0.0966. The molecule has 0 aliphatic heterocycles. The Balaban J connectivity index is 0.000000162. The summed E-state index contributed by atoms with van der Waals surface area (Å²) in [5.41, 5.74) is 10.6. The molecule has 288 valence electrons. The van der Waals surface area contributed by atoms with Crippen LogP contribution in [0.3, 0.4) is 0 Å². The number of rotatable bonds is 6. The van der Waals surface area contributed by atoms with E-state index in [4.69, 9.17) is 27.7 Å². The molecule has 4 N–H and O–H groups in total. The zero-order valence-corrected chi connectivity index (χ0v) is 31.1. The number of nitro benzene ring substituents is 2. The molecule has 9 aromatic rings. The average molecular weight is 797 g/mol. The summed E-state index contributed by atoms with van der Waals surface area (Å²) >= 11 is 4.93. The molecular weight excluding hydrogens is 769 g/mol. The highest BCUT2D eigenvalue weighted by molar-refractivity contribution is 7.71. The molecule has 19 heteroatoms. The van der Waals surface area contributed by atoms with Gasteiger partial charge in [-0.2, -0.15) is 4.98 Å². The van der Waals surface area contributed by atoms with Crippen LogP contribution in [0.4, 0.5) is 11.4 Å². The van der Waals surface area contributed by atoms with Gasteiger partial charge in [0, 0.05) is 60.5 Å². The molecule has 9 rings (SSSR count). The van der Waals surface area contributed by atoms with Crippen molar-refractivity contribution in [1.82, 2.24) is 28.4 Å². The third-order valence-corrected chi connectivity index (χ3v) is 10.0. The van der Waals surface area contributed by atoms with Crippen LogP contribution < -0.4 is 16.9 Å². The quantitative estimate of drug-likeness (QED) is 0.0405. The second kappa shape index (κ2) is 14.1. The van der Waals surface area contributed by atoms with E-state index in [0.29, 0.717) is 27.9 Å². The third-order valence-electron chi connectivity index (χ3n) is 9.84. The average Bonchev–Trinajstić information content (AvgIpc) is 3.88. The fourth-order valence-corrected chi connectivity index (χ4v) is 7.25. The summed E-state index contributed by atoms with van der Waals surface area (Å²) in [5, 5.41) is 38.4. The smallest absolute Gasteiger partial charge is 0.314 e. The molecule has 58 heavy (non-hydrogen) atoms. The number of benzene rings is 4. The van der Waals surface area contributed by atoms with Crippen molar-refractivity contribution < 1.29 is 19.6 Å². The number of nitrogens with one attached hydrogen (secondary N) is 1. The Morgan fingerprint density at radius 1 is 0.741 bits per heavy atom. The molecular formula is C39H28N10O8S. The molecule has 0 radical (unpaired) electrons. The first kappa shape index (κ1) is 36.8. The summed E-state index contributed by atoms with van der Waals surface area (Å²) in [4.78, 5) is 51.9. The molecule has 0 amide bonds. The number of nitrogens with zero attached hydrogens (tertiary/aromatic N) is 8. The molecule has 0 spiro atoms. The fourth-order valence-electron chi connectivity index (χ4n) is 7.12. The molecule has 0 saturated carbocycles. The van der Waals surface area contributed by atoms with Crippen LogP contribution in [-0.2, 0) is 14.1 Å². The standard InChI is InChI=1S/C20H13N5O4S.C19H15N5O4/c1-23-15-5-3-2-4-13(15)17-16(23)10-14(18-21-20(30)29-22-18)19(26)24(17)11-6-8-12(9-7-11)25(27)28;1-22-15-5-3-2-4-13(15)17-16(22)10-14(18(20)21-26)19(25)23(17)11-6-8-12(9-7-11)24(27)28/h2-10H,1H3,(H,21,22,30);2-10,26H,1H3,(H2,20,21). The predicted molar refractivity (Wildman–Crippen MR) is 219 cm³/mol. The lowest BCUT2D eigenvalue weighted by Gasteiger charge is -2.11. The summed E-state index contributed by atoms with van der Waals surface area (Å²) in [6.45, 7) is 0. The Labute approximate surface area is 328 Å². The summed E-state index contributed by atoms with van der Waals surface area (Å²) in [6, 6.07) is 30.1. The lowest BCUT2D eigenvalue weighted by atomic mass is 10.1. The van der Waals surface area contributed by atoms with Gasteiger partial charge < -0.3 is 24.6 Å². The molecule has 0 aliphatic carbocycles. The monoisotopic (exact) mass is 796 g/mol. The first-order chi connectivity index (χ1) is 27.9. The lowest BCUT2D eigenvalue weighted by molar-refractivity contribution is -0.385. The highest BCUT2D eigenvalue weighted by Gasteiger charge is 2.22. The molecule has 0 fully saturated rings. The zero-order valence-electron chi connectivity index (χ0n) is 30.3. The maximum absolute atomic E-state index is 13.5. The highest BCUT2D eigenvalue weighted by atomic mass is 32.1. The molecule has 5 aromatic heterocycles. The number of H-pyrrole nitrogens is 1. The van der Waals surface area contributed by atoms with Gasteiger partial charge in [0.25, 0.3) is 22.5 Å². The Bertz CT molecular complexity index is 3350. The first-order valence-electron chi connectivity index (χ1n) is 17.2. The van der Waals surface area contributed by atoms with Crippen molar-refractivity contribution in [2.24, 2.45) is 25.0 Å². The Kier molecular flexibility index (Phi) is 8.97. The van der Waals surface area contributed by atoms with E-state index in [1.165, 1.54) is 45.5 Å². The van der Waals surface area contributed by atoms with Crippen molar-refractivity contribution in [2.75, 3.05) is 0 Å². The van der Waals surface area contributed by atoms with Crippen LogP contribution in [0.25, 0.3) is 66.6 Å². The Hall–Kier alpha value is -8.19. The van der Waals surface area contributed by atoms with E-state index >= 15 is 0 Å². The predicted octanol–water partition coefficient (Wildman–Crippen LogP) is 6.59. The maximum Gasteiger partial charge on any atom is 0.314 e. The van der Waals surface area contributed by atoms with Gasteiger partial charge in [-0.1, -0.05) is 41.6 Å². The van der Waals surface area contributed by atoms with Crippen LogP contribution in [0.15, 0.2) is 128 Å². The molecule has 4 aromatic carbocycles. The van der Waals surface area contributed by atoms with Gasteiger partial charge in [0.2, 0.25) is 0 Å².